The van der Waals surface area contributed by atoms with Crippen LogP contribution in [0.5, 0.6) is 5.75 Å². The molecule has 0 aromatic heterocycles. The van der Waals surface area contributed by atoms with E-state index in [0.29, 0.717) is 11.3 Å². The molecule has 0 amide bonds. The molecule has 0 heterocycles. The van der Waals surface area contributed by atoms with Crippen molar-refractivity contribution in [1.29, 1.82) is 0 Å². The maximum absolute atomic E-state index is 13.9. The lowest BCUT2D eigenvalue weighted by Gasteiger charge is -2.23. The molecule has 0 fully saturated rings. The Bertz CT molecular complexity index is 595. The Balaban J connectivity index is 2.31. The Kier molecular flexibility index (Phi) is 4.40. The average molecular weight is 273 g/mol. The van der Waals surface area contributed by atoms with Gasteiger partial charge in [0.2, 0.25) is 0 Å². The Morgan fingerprint density at radius 1 is 1.05 bits per heavy atom. The molecule has 0 spiro atoms. The molecule has 2 rings (SSSR count). The summed E-state index contributed by atoms with van der Waals surface area (Å²) in [7, 11) is 0. The smallest absolute Gasteiger partial charge is 0.141 e. The molecule has 2 nitrogen and oxygen atoms in total. The van der Waals surface area contributed by atoms with Crippen LogP contribution in [0.1, 0.15) is 29.7 Å². The van der Waals surface area contributed by atoms with Crippen LogP contribution in [-0.2, 0) is 0 Å². The molecule has 0 radical (unpaired) electrons. The summed E-state index contributed by atoms with van der Waals surface area (Å²) in [5.41, 5.74) is 8.78. The minimum absolute atomic E-state index is 0.293. The lowest BCUT2D eigenvalue weighted by atomic mass is 10.0. The van der Waals surface area contributed by atoms with Crippen LogP contribution in [0.15, 0.2) is 42.5 Å². The van der Waals surface area contributed by atoms with Crippen LogP contribution < -0.4 is 10.5 Å². The van der Waals surface area contributed by atoms with Gasteiger partial charge in [-0.15, -0.1) is 0 Å². The minimum atomic E-state index is -0.502. The van der Waals surface area contributed by atoms with Crippen LogP contribution in [0.3, 0.4) is 0 Å². The molecular formula is C17H20FNO. The third-order valence-corrected chi connectivity index (χ3v) is 3.43. The van der Waals surface area contributed by atoms with Gasteiger partial charge in [0.25, 0.3) is 0 Å². The predicted octanol–water partition coefficient (Wildman–Crippen LogP) is 3.91. The van der Waals surface area contributed by atoms with Gasteiger partial charge in [-0.3, -0.25) is 0 Å². The van der Waals surface area contributed by atoms with Gasteiger partial charge in [0.1, 0.15) is 17.7 Å². The largest absolute Gasteiger partial charge is 0.484 e. The SMILES string of the molecule is Cc1ccc(OC(c2ccccc2F)C(C)N)cc1C. The number of ether oxygens (including phenoxy) is 1. The lowest BCUT2D eigenvalue weighted by molar-refractivity contribution is 0.175. The summed E-state index contributed by atoms with van der Waals surface area (Å²) in [5, 5.41) is 0. The molecule has 2 aromatic carbocycles. The maximum atomic E-state index is 13.9. The summed E-state index contributed by atoms with van der Waals surface area (Å²) >= 11 is 0. The van der Waals surface area contributed by atoms with E-state index in [-0.39, 0.29) is 11.9 Å². The fourth-order valence-electron chi connectivity index (χ4n) is 2.09. The molecule has 0 bridgehead atoms. The molecule has 0 aliphatic carbocycles. The number of hydrogen-bond donors (Lipinski definition) is 1. The first-order chi connectivity index (χ1) is 9.49. The van der Waals surface area contributed by atoms with Crippen molar-refractivity contribution in [3.63, 3.8) is 0 Å². The van der Waals surface area contributed by atoms with E-state index in [0.717, 1.165) is 5.56 Å². The molecule has 0 saturated carbocycles. The van der Waals surface area contributed by atoms with Crippen LogP contribution in [0.25, 0.3) is 0 Å². The Labute approximate surface area is 119 Å². The number of aryl methyl sites for hydroxylation is 2. The zero-order valence-electron chi connectivity index (χ0n) is 12.1. The highest BCUT2D eigenvalue weighted by Crippen LogP contribution is 2.27. The van der Waals surface area contributed by atoms with Gasteiger partial charge in [-0.05, 0) is 50.1 Å². The van der Waals surface area contributed by atoms with Crippen molar-refractivity contribution in [2.75, 3.05) is 0 Å². The van der Waals surface area contributed by atoms with E-state index in [4.69, 9.17) is 10.5 Å². The van der Waals surface area contributed by atoms with Gasteiger partial charge in [0.05, 0.1) is 0 Å². The van der Waals surface area contributed by atoms with Crippen molar-refractivity contribution in [3.05, 3.63) is 65.0 Å². The van der Waals surface area contributed by atoms with Crippen molar-refractivity contribution >= 4 is 0 Å². The van der Waals surface area contributed by atoms with E-state index in [1.165, 1.54) is 11.6 Å². The van der Waals surface area contributed by atoms with E-state index >= 15 is 0 Å². The quantitative estimate of drug-likeness (QED) is 0.916. The lowest BCUT2D eigenvalue weighted by Crippen LogP contribution is -2.29. The summed E-state index contributed by atoms with van der Waals surface area (Å²) in [4.78, 5) is 0. The standard InChI is InChI=1S/C17H20FNO/c1-11-8-9-14(10-12(11)2)20-17(13(3)19)15-6-4-5-7-16(15)18/h4-10,13,17H,19H2,1-3H3. The van der Waals surface area contributed by atoms with Crippen molar-refractivity contribution in [2.24, 2.45) is 5.73 Å². The fraction of sp³-hybridized carbons (Fsp3) is 0.294. The average Bonchev–Trinajstić information content (AvgIpc) is 2.41. The molecule has 2 unspecified atom stereocenters. The molecule has 20 heavy (non-hydrogen) atoms. The number of benzene rings is 2. The topological polar surface area (TPSA) is 35.2 Å². The van der Waals surface area contributed by atoms with E-state index in [2.05, 4.69) is 0 Å². The molecule has 2 N–H and O–H groups in total. The second kappa shape index (κ2) is 6.06. The number of rotatable bonds is 4. The fourth-order valence-corrected chi connectivity index (χ4v) is 2.09. The van der Waals surface area contributed by atoms with Crippen molar-refractivity contribution in [1.82, 2.24) is 0 Å². The highest BCUT2D eigenvalue weighted by atomic mass is 19.1. The third kappa shape index (κ3) is 3.17. The normalized spacial score (nSPS) is 13.8. The van der Waals surface area contributed by atoms with Gasteiger partial charge in [0, 0.05) is 11.6 Å². The summed E-state index contributed by atoms with van der Waals surface area (Å²) in [6, 6.07) is 12.1. The number of halogens is 1. The zero-order chi connectivity index (χ0) is 14.7. The predicted molar refractivity (Wildman–Crippen MR) is 79.3 cm³/mol. The van der Waals surface area contributed by atoms with Crippen molar-refractivity contribution in [2.45, 2.75) is 32.9 Å². The third-order valence-electron chi connectivity index (χ3n) is 3.43. The highest BCUT2D eigenvalue weighted by Gasteiger charge is 2.21. The van der Waals surface area contributed by atoms with Gasteiger partial charge >= 0.3 is 0 Å². The molecule has 0 saturated heterocycles. The molecule has 0 aliphatic heterocycles. The summed E-state index contributed by atoms with van der Waals surface area (Å²) in [6.45, 7) is 5.88. The Morgan fingerprint density at radius 3 is 2.35 bits per heavy atom. The molecule has 2 aromatic rings. The van der Waals surface area contributed by atoms with Crippen LogP contribution in [0.4, 0.5) is 4.39 Å². The van der Waals surface area contributed by atoms with Gasteiger partial charge in [-0.1, -0.05) is 24.3 Å². The number of hydrogen-bond acceptors (Lipinski definition) is 2. The van der Waals surface area contributed by atoms with E-state index < -0.39 is 6.10 Å². The van der Waals surface area contributed by atoms with E-state index in [1.54, 1.807) is 18.2 Å². The summed E-state index contributed by atoms with van der Waals surface area (Å²) < 4.78 is 19.8. The molecule has 106 valence electrons. The van der Waals surface area contributed by atoms with Gasteiger partial charge in [-0.25, -0.2) is 4.39 Å². The van der Waals surface area contributed by atoms with Gasteiger partial charge in [-0.2, -0.15) is 0 Å². The van der Waals surface area contributed by atoms with Gasteiger partial charge in [0.15, 0.2) is 0 Å². The Morgan fingerprint density at radius 2 is 1.75 bits per heavy atom. The molecule has 2 atom stereocenters. The van der Waals surface area contributed by atoms with E-state index in [1.807, 2.05) is 39.0 Å². The Hall–Kier alpha value is -1.87. The maximum Gasteiger partial charge on any atom is 0.141 e. The highest BCUT2D eigenvalue weighted by molar-refractivity contribution is 5.34. The number of nitrogens with two attached hydrogens (primary N) is 1. The molecular weight excluding hydrogens is 253 g/mol. The first-order valence-corrected chi connectivity index (χ1v) is 6.73. The van der Waals surface area contributed by atoms with Crippen LogP contribution >= 0.6 is 0 Å². The summed E-state index contributed by atoms with van der Waals surface area (Å²) in [6.07, 6.45) is -0.502. The van der Waals surface area contributed by atoms with E-state index in [9.17, 15) is 4.39 Å². The summed E-state index contributed by atoms with van der Waals surface area (Å²) in [5.74, 6) is 0.414. The van der Waals surface area contributed by atoms with Gasteiger partial charge < -0.3 is 10.5 Å². The van der Waals surface area contributed by atoms with Crippen LogP contribution in [0.2, 0.25) is 0 Å². The first-order valence-electron chi connectivity index (χ1n) is 6.73. The van der Waals surface area contributed by atoms with Crippen molar-refractivity contribution < 1.29 is 9.13 Å². The minimum Gasteiger partial charge on any atom is -0.484 e. The van der Waals surface area contributed by atoms with Crippen molar-refractivity contribution in [3.8, 4) is 5.75 Å². The molecule has 3 heteroatoms. The second-order valence-electron chi connectivity index (χ2n) is 5.17. The molecule has 0 aliphatic rings. The second-order valence-corrected chi connectivity index (χ2v) is 5.17. The monoisotopic (exact) mass is 273 g/mol. The first kappa shape index (κ1) is 14.5. The van der Waals surface area contributed by atoms with Crippen LogP contribution in [0, 0.1) is 19.7 Å². The van der Waals surface area contributed by atoms with Crippen LogP contribution in [-0.4, -0.2) is 6.04 Å². The zero-order valence-corrected chi connectivity index (χ0v) is 12.1.